The zero-order valence-electron chi connectivity index (χ0n) is 46.3. The molecule has 0 aliphatic heterocycles. The third-order valence-electron chi connectivity index (χ3n) is 15.8. The summed E-state index contributed by atoms with van der Waals surface area (Å²) in [5.74, 6) is -17.3. The molecule has 0 spiro atoms. The minimum Gasteiger partial charge on any atom is -0.346 e. The Morgan fingerprint density at radius 1 is 0.380 bits per heavy atom. The first-order valence-corrected chi connectivity index (χ1v) is 28.5. The maximum atomic E-state index is 13.8. The Hall–Kier alpha value is -2.31. The van der Waals surface area contributed by atoms with Crippen LogP contribution in [0.3, 0.4) is 0 Å². The van der Waals surface area contributed by atoms with Crippen LogP contribution in [0.15, 0.2) is 0 Å². The molecule has 0 fully saturated rings. The summed E-state index contributed by atoms with van der Waals surface area (Å²) >= 11 is 0. The van der Waals surface area contributed by atoms with Gasteiger partial charge in [-0.25, -0.2) is 35.1 Å². The number of quaternary nitrogens is 1. The van der Waals surface area contributed by atoms with Gasteiger partial charge in [0.05, 0.1) is 18.7 Å². The number of unbranched alkanes of at least 4 members (excludes halogenated alkanes) is 7. The van der Waals surface area contributed by atoms with Gasteiger partial charge in [-0.1, -0.05) is 204 Å². The Bertz CT molecular complexity index is 1580. The van der Waals surface area contributed by atoms with E-state index in [2.05, 4.69) is 74.6 Å². The van der Waals surface area contributed by atoms with Crippen molar-refractivity contribution in [3.8, 4) is 11.1 Å². The number of hydrogen-bond donors (Lipinski definition) is 1. The lowest BCUT2D eigenvalue weighted by molar-refractivity contribution is -0.652. The van der Waals surface area contributed by atoms with E-state index in [1.165, 1.54) is 167 Å². The van der Waals surface area contributed by atoms with E-state index in [-0.39, 0.29) is 6.15 Å². The fraction of sp³-hybridized carbons (Fsp3) is 0.793. The lowest BCUT2D eigenvalue weighted by Gasteiger charge is -2.44. The molecule has 2 aromatic carbocycles. The van der Waals surface area contributed by atoms with Crippen molar-refractivity contribution in [3.05, 3.63) is 57.7 Å². The molecule has 0 radical (unpaired) electrons. The van der Waals surface area contributed by atoms with Crippen LogP contribution in [-0.2, 0) is 6.18 Å². The molecule has 0 aliphatic carbocycles. The third-order valence-corrected chi connectivity index (χ3v) is 15.8. The predicted molar refractivity (Wildman–Crippen MR) is 279 cm³/mol. The zero-order chi connectivity index (χ0) is 54.2. The van der Waals surface area contributed by atoms with E-state index in [9.17, 15) is 48.3 Å². The van der Waals surface area contributed by atoms with Gasteiger partial charge in [-0.2, -0.15) is 38.5 Å². The molecule has 0 saturated heterocycles. The lowest BCUT2D eigenvalue weighted by Crippen LogP contribution is -2.83. The molecule has 0 aliphatic rings. The summed E-state index contributed by atoms with van der Waals surface area (Å²) in [6.45, 7) is 26.8. The number of halogens is 11. The number of benzene rings is 2. The summed E-state index contributed by atoms with van der Waals surface area (Å²) in [4.78, 5) is 0. The molecule has 416 valence electrons. The van der Waals surface area contributed by atoms with Gasteiger partial charge >= 0.3 is 6.18 Å². The minimum atomic E-state index is -5.83. The molecule has 0 aromatic heterocycles. The standard InChI is InChI=1S/C36H76B.C14H3F11.C8H19N/c1-9-17-21-33(13-5)25-29-37(30-26-34(14-6)22-18-10-2,31-27-35(15-7)23-19-11-3)32-28-36(16-8)24-20-12-4;1-2-3(4-7(16)11(20)13(22)12(21)8(4)17)5(14(23,24)25)9(18)10(19)6(2)15;1-3-5-6-7-8-9-4-2/h33-36H,9-32H2,1-8H3;1H3;9H,3-8H2,1-2H3/q-1;;/p+1. The molecule has 0 heterocycles. The first-order valence-electron chi connectivity index (χ1n) is 28.5. The molecule has 0 bridgehead atoms. The van der Waals surface area contributed by atoms with Gasteiger partial charge in [0.2, 0.25) is 5.82 Å². The minimum absolute atomic E-state index is 0.236. The highest BCUT2D eigenvalue weighted by atomic mass is 19.4. The van der Waals surface area contributed by atoms with Crippen LogP contribution in [0.5, 0.6) is 0 Å². The molecule has 71 heavy (non-hydrogen) atoms. The van der Waals surface area contributed by atoms with Crippen LogP contribution >= 0.6 is 0 Å². The van der Waals surface area contributed by atoms with Crippen molar-refractivity contribution >= 4 is 6.15 Å². The van der Waals surface area contributed by atoms with Crippen LogP contribution in [0.4, 0.5) is 48.3 Å². The number of hydrogen-bond acceptors (Lipinski definition) is 0. The van der Waals surface area contributed by atoms with Gasteiger partial charge in [-0.15, -0.1) is 0 Å². The van der Waals surface area contributed by atoms with Crippen molar-refractivity contribution in [1.82, 2.24) is 0 Å². The molecule has 0 amide bonds. The van der Waals surface area contributed by atoms with Crippen molar-refractivity contribution in [1.29, 1.82) is 0 Å². The van der Waals surface area contributed by atoms with Gasteiger partial charge in [0.25, 0.3) is 0 Å². The first-order chi connectivity index (χ1) is 33.7. The molecule has 4 atom stereocenters. The normalized spacial score (nSPS) is 14.3. The van der Waals surface area contributed by atoms with Crippen LogP contribution in [-0.4, -0.2) is 19.2 Å². The van der Waals surface area contributed by atoms with Crippen LogP contribution < -0.4 is 5.32 Å². The summed E-state index contributed by atoms with van der Waals surface area (Å²) in [6.07, 6.45) is 34.8. The van der Waals surface area contributed by atoms with E-state index >= 15 is 0 Å². The quantitative estimate of drug-likeness (QED) is 0.0233. The largest absolute Gasteiger partial charge is 0.419 e. The van der Waals surface area contributed by atoms with E-state index in [0.717, 1.165) is 23.7 Å². The average molecular weight is 1030 g/mol. The average Bonchev–Trinajstić information content (AvgIpc) is 3.36. The Kier molecular flexibility index (Phi) is 37.0. The zero-order valence-corrected chi connectivity index (χ0v) is 46.3. The van der Waals surface area contributed by atoms with E-state index in [4.69, 9.17) is 0 Å². The summed E-state index contributed by atoms with van der Waals surface area (Å²) in [7, 11) is 0. The predicted octanol–water partition coefficient (Wildman–Crippen LogP) is 20.8. The number of rotatable bonds is 35. The van der Waals surface area contributed by atoms with Crippen LogP contribution in [0.2, 0.25) is 25.3 Å². The third kappa shape index (κ3) is 24.3. The number of alkyl halides is 3. The van der Waals surface area contributed by atoms with Gasteiger partial charge in [-0.3, -0.25) is 0 Å². The number of nitrogens with two attached hydrogens (primary N) is 1. The van der Waals surface area contributed by atoms with Gasteiger partial charge in [0.15, 0.2) is 40.7 Å². The molecule has 2 aromatic rings. The molecule has 2 rings (SSSR count). The van der Waals surface area contributed by atoms with Crippen molar-refractivity contribution in [3.63, 3.8) is 0 Å². The summed E-state index contributed by atoms with van der Waals surface area (Å²) in [5, 5.41) is 2.37. The molecule has 4 unspecified atom stereocenters. The highest BCUT2D eigenvalue weighted by Gasteiger charge is 2.43. The van der Waals surface area contributed by atoms with E-state index in [1.807, 2.05) is 0 Å². The molecular weight excluding hydrogens is 930 g/mol. The van der Waals surface area contributed by atoms with Gasteiger partial charge in [-0.05, 0) is 55.9 Å². The van der Waals surface area contributed by atoms with Crippen LogP contribution in [0.1, 0.15) is 234 Å². The maximum absolute atomic E-state index is 13.8. The van der Waals surface area contributed by atoms with Gasteiger partial charge < -0.3 is 5.32 Å². The fourth-order valence-electron chi connectivity index (χ4n) is 10.5. The van der Waals surface area contributed by atoms with Crippen molar-refractivity contribution in [2.45, 2.75) is 262 Å². The monoisotopic (exact) mass is 1030 g/mol. The Labute approximate surface area is 425 Å². The van der Waals surface area contributed by atoms with Gasteiger partial charge in [0, 0.05) is 11.7 Å². The van der Waals surface area contributed by atoms with Gasteiger partial charge in [0.1, 0.15) is 5.56 Å². The molecule has 2 N–H and O–H groups in total. The Morgan fingerprint density at radius 3 is 1.00 bits per heavy atom. The molecule has 0 saturated carbocycles. The highest BCUT2D eigenvalue weighted by Crippen LogP contribution is 2.45. The maximum Gasteiger partial charge on any atom is 0.419 e. The van der Waals surface area contributed by atoms with Crippen molar-refractivity contribution < 1.29 is 53.6 Å². The second kappa shape index (κ2) is 38.3. The van der Waals surface area contributed by atoms with Crippen molar-refractivity contribution in [2.75, 3.05) is 13.1 Å². The van der Waals surface area contributed by atoms with E-state index in [0.29, 0.717) is 6.92 Å². The summed E-state index contributed by atoms with van der Waals surface area (Å²) in [5.41, 5.74) is -8.45. The Morgan fingerprint density at radius 2 is 0.704 bits per heavy atom. The first kappa shape index (κ1) is 68.7. The van der Waals surface area contributed by atoms with Crippen molar-refractivity contribution in [2.24, 2.45) is 23.7 Å². The Balaban J connectivity index is 0.00000123. The fourth-order valence-corrected chi connectivity index (χ4v) is 10.5. The molecular formula is C58H99BF11N. The summed E-state index contributed by atoms with van der Waals surface area (Å²) < 4.78 is 146. The second-order valence-corrected chi connectivity index (χ2v) is 21.0. The smallest absolute Gasteiger partial charge is 0.346 e. The van der Waals surface area contributed by atoms with E-state index in [1.54, 1.807) is 25.3 Å². The second-order valence-electron chi connectivity index (χ2n) is 21.0. The van der Waals surface area contributed by atoms with Crippen LogP contribution in [0.25, 0.3) is 11.1 Å². The molecule has 13 heteroatoms. The summed E-state index contributed by atoms with van der Waals surface area (Å²) in [6, 6.07) is 0. The topological polar surface area (TPSA) is 16.6 Å². The molecule has 1 nitrogen and oxygen atoms in total. The highest BCUT2D eigenvalue weighted by molar-refractivity contribution is 6.79. The lowest BCUT2D eigenvalue weighted by atomic mass is 9.16. The van der Waals surface area contributed by atoms with E-state index < -0.39 is 75.0 Å². The SMILES string of the molecule is CCCCC(CC)CC[B-](CCC(CC)CCCC)(CCC(CC)CCCC)CCC(CC)CCCC.CCCCCC[NH2+]CC.Cc1c(F)c(F)c(F)c(C(F)(F)F)c1-c1c(F)c(F)c(F)c(F)c1F. The van der Waals surface area contributed by atoms with Crippen LogP contribution in [0, 0.1) is 77.1 Å².